The molecule has 0 aliphatic carbocycles. The van der Waals surface area contributed by atoms with Crippen LogP contribution in [0, 0.1) is 30.3 Å². The average Bonchev–Trinajstić information content (AvgIpc) is 2.14. The molecule has 0 saturated carbocycles. The summed E-state index contributed by atoms with van der Waals surface area (Å²) in [5.74, 6) is -5.03. The van der Waals surface area contributed by atoms with Crippen LogP contribution in [0.25, 0.3) is 0 Å². The van der Waals surface area contributed by atoms with Gasteiger partial charge in [0.05, 0.1) is 14.8 Å². The van der Waals surface area contributed by atoms with E-state index in [1.54, 1.807) is 0 Å². The first-order valence-electron chi connectivity index (χ1n) is 3.94. The normalized spacial score (nSPS) is 9.47. The molecule has 1 aromatic carbocycles. The second-order valence-corrected chi connectivity index (χ2v) is 2.86. The van der Waals surface area contributed by atoms with Crippen LogP contribution in [0.3, 0.4) is 0 Å². The summed E-state index contributed by atoms with van der Waals surface area (Å²) in [5, 5.41) is 58.9. The van der Waals surface area contributed by atoms with Crippen molar-refractivity contribution in [2.75, 3.05) is 0 Å². The van der Waals surface area contributed by atoms with Gasteiger partial charge in [0.1, 0.15) is 0 Å². The number of phenols is 3. The van der Waals surface area contributed by atoms with Crippen molar-refractivity contribution < 1.29 is 30.1 Å². The molecule has 0 aromatic heterocycles. The fourth-order valence-corrected chi connectivity index (χ4v) is 1.19. The van der Waals surface area contributed by atoms with Crippen molar-refractivity contribution in [3.05, 3.63) is 30.3 Å². The van der Waals surface area contributed by atoms with Crippen LogP contribution < -0.4 is 0 Å². The number of nitrogens with zero attached hydrogens (tertiary/aromatic N) is 3. The van der Waals surface area contributed by atoms with Gasteiger partial charge in [-0.15, -0.1) is 0 Å². The molecule has 0 unspecified atom stereocenters. The van der Waals surface area contributed by atoms with Crippen LogP contribution in [0.4, 0.5) is 17.1 Å². The number of nitro benzene ring substituents is 3. The van der Waals surface area contributed by atoms with E-state index in [0.717, 1.165) is 0 Å². The molecule has 3 N–H and O–H groups in total. The van der Waals surface area contributed by atoms with Gasteiger partial charge in [0.25, 0.3) is 17.2 Å². The van der Waals surface area contributed by atoms with Gasteiger partial charge >= 0.3 is 17.1 Å². The smallest absolute Gasteiger partial charge is 0.366 e. The van der Waals surface area contributed by atoms with E-state index in [4.69, 9.17) is 0 Å². The average molecular weight is 284 g/mol. The molecule has 0 atom stereocenters. The van der Waals surface area contributed by atoms with Gasteiger partial charge in [-0.2, -0.15) is 0 Å². The fraction of sp³-hybridized carbons (Fsp3) is 0. The molecule has 0 spiro atoms. The summed E-state index contributed by atoms with van der Waals surface area (Å²) in [7, 11) is 0. The maximum absolute atomic E-state index is 10.5. The molecule has 0 amide bonds. The Labute approximate surface area is 124 Å². The third-order valence-corrected chi connectivity index (χ3v) is 1.89. The second-order valence-electron chi connectivity index (χ2n) is 2.86. The van der Waals surface area contributed by atoms with Gasteiger partial charge in [0, 0.05) is 29.6 Å². The van der Waals surface area contributed by atoms with Gasteiger partial charge in [0.2, 0.25) is 0 Å². The zero-order chi connectivity index (χ0) is 14.2. The fourth-order valence-electron chi connectivity index (χ4n) is 1.19. The molecule has 0 heterocycles. The van der Waals surface area contributed by atoms with Crippen LogP contribution in [0.5, 0.6) is 17.2 Å². The Morgan fingerprint density at radius 2 is 0.789 bits per heavy atom. The topological polar surface area (TPSA) is 190 Å². The summed E-state index contributed by atoms with van der Waals surface area (Å²) in [6, 6.07) is 0. The molecule has 19 heavy (non-hydrogen) atoms. The van der Waals surface area contributed by atoms with Crippen molar-refractivity contribution in [2.45, 2.75) is 0 Å². The van der Waals surface area contributed by atoms with Crippen molar-refractivity contribution in [1.82, 2.24) is 0 Å². The van der Waals surface area contributed by atoms with E-state index in [-0.39, 0.29) is 29.6 Å². The molecule has 12 nitrogen and oxygen atoms in total. The summed E-state index contributed by atoms with van der Waals surface area (Å²) in [6.07, 6.45) is 0. The van der Waals surface area contributed by atoms with E-state index < -0.39 is 49.1 Å². The number of benzene rings is 1. The Morgan fingerprint density at radius 3 is 0.895 bits per heavy atom. The Morgan fingerprint density at radius 1 is 0.632 bits per heavy atom. The van der Waals surface area contributed by atoms with Gasteiger partial charge in [-0.05, 0) is 0 Å². The van der Waals surface area contributed by atoms with Crippen LogP contribution in [0.2, 0.25) is 0 Å². The molecular formula is C6H3N3NaO9. The van der Waals surface area contributed by atoms with Crippen molar-refractivity contribution in [3.63, 3.8) is 0 Å². The Balaban J connectivity index is 0.00000324. The molecule has 1 rings (SSSR count). The second kappa shape index (κ2) is 5.64. The SMILES string of the molecule is O=[N+]([O-])c1c(O)c([N+](=O)[O-])c(O)c([N+](=O)[O-])c1O.[Na]. The Bertz CT molecular complexity index is 484. The summed E-state index contributed by atoms with van der Waals surface area (Å²) in [6.45, 7) is 0. The summed E-state index contributed by atoms with van der Waals surface area (Å²) < 4.78 is 0. The zero-order valence-corrected chi connectivity index (χ0v) is 11.1. The van der Waals surface area contributed by atoms with Crippen LogP contribution in [0.15, 0.2) is 0 Å². The summed E-state index contributed by atoms with van der Waals surface area (Å²) >= 11 is 0. The van der Waals surface area contributed by atoms with Crippen LogP contribution in [0.1, 0.15) is 0 Å². The van der Waals surface area contributed by atoms with Crippen LogP contribution >= 0.6 is 0 Å². The van der Waals surface area contributed by atoms with Crippen LogP contribution in [-0.4, -0.2) is 59.6 Å². The Kier molecular flexibility index (Phi) is 4.99. The van der Waals surface area contributed by atoms with Crippen molar-refractivity contribution >= 4 is 46.6 Å². The molecule has 0 aliphatic rings. The largest absolute Gasteiger partial charge is 0.497 e. The maximum atomic E-state index is 10.5. The predicted octanol–water partition coefficient (Wildman–Crippen LogP) is 0.147. The summed E-state index contributed by atoms with van der Waals surface area (Å²) in [5.41, 5.74) is -4.90. The molecule has 1 radical (unpaired) electrons. The van der Waals surface area contributed by atoms with E-state index in [0.29, 0.717) is 0 Å². The van der Waals surface area contributed by atoms with E-state index in [9.17, 15) is 45.7 Å². The molecule has 97 valence electrons. The number of rotatable bonds is 3. The first-order chi connectivity index (χ1) is 8.20. The zero-order valence-electron chi connectivity index (χ0n) is 9.13. The van der Waals surface area contributed by atoms with Gasteiger partial charge in [-0.3, -0.25) is 30.3 Å². The van der Waals surface area contributed by atoms with Gasteiger partial charge in [-0.25, -0.2) is 0 Å². The monoisotopic (exact) mass is 284 g/mol. The van der Waals surface area contributed by atoms with Crippen molar-refractivity contribution in [2.24, 2.45) is 0 Å². The quantitative estimate of drug-likeness (QED) is 0.393. The first kappa shape index (κ1) is 16.8. The van der Waals surface area contributed by atoms with E-state index >= 15 is 0 Å². The van der Waals surface area contributed by atoms with Crippen molar-refractivity contribution in [3.8, 4) is 17.2 Å². The molecule has 0 fully saturated rings. The molecule has 0 saturated heterocycles. The van der Waals surface area contributed by atoms with Crippen molar-refractivity contribution in [1.29, 1.82) is 0 Å². The standard InChI is InChI=1S/C6H3N3O9.Na/c10-4-1(7(13)14)5(11)3(9(17)18)6(12)2(4)8(15)16;/h10-12H;. The molecule has 1 aromatic rings. The third kappa shape index (κ3) is 2.64. The van der Waals surface area contributed by atoms with E-state index in [2.05, 4.69) is 0 Å². The Hall–Kier alpha value is -2.18. The number of nitro groups is 3. The number of phenolic OH excluding ortho intramolecular Hbond substituents is 3. The minimum atomic E-state index is -1.68. The van der Waals surface area contributed by atoms with E-state index in [1.807, 2.05) is 0 Å². The minimum absolute atomic E-state index is 0. The number of aromatic hydroxyl groups is 3. The van der Waals surface area contributed by atoms with Gasteiger partial charge < -0.3 is 15.3 Å². The number of hydrogen-bond donors (Lipinski definition) is 3. The molecule has 0 aliphatic heterocycles. The minimum Gasteiger partial charge on any atom is -0.497 e. The maximum Gasteiger partial charge on any atom is 0.366 e. The van der Waals surface area contributed by atoms with Gasteiger partial charge in [-0.1, -0.05) is 0 Å². The van der Waals surface area contributed by atoms with Crippen LogP contribution in [-0.2, 0) is 0 Å². The number of hydrogen-bond acceptors (Lipinski definition) is 9. The molecule has 0 bridgehead atoms. The van der Waals surface area contributed by atoms with Gasteiger partial charge in [0.15, 0.2) is 0 Å². The predicted molar refractivity (Wildman–Crippen MR) is 57.2 cm³/mol. The molecular weight excluding hydrogens is 281 g/mol. The molecule has 13 heteroatoms. The first-order valence-corrected chi connectivity index (χ1v) is 3.94. The summed E-state index contributed by atoms with van der Waals surface area (Å²) in [4.78, 5) is 27.0. The van der Waals surface area contributed by atoms with E-state index in [1.165, 1.54) is 0 Å². The third-order valence-electron chi connectivity index (χ3n) is 1.89.